The summed E-state index contributed by atoms with van der Waals surface area (Å²) in [6, 6.07) is 20.4. The van der Waals surface area contributed by atoms with Crippen LogP contribution in [-0.4, -0.2) is 62.0 Å². The minimum atomic E-state index is -1.07. The van der Waals surface area contributed by atoms with E-state index in [0.29, 0.717) is 23.5 Å². The topological polar surface area (TPSA) is 142 Å². The van der Waals surface area contributed by atoms with Crippen LogP contribution in [-0.2, 0) is 23.8 Å². The summed E-state index contributed by atoms with van der Waals surface area (Å²) in [5.41, 5.74) is 7.81. The number of nitrogens with one attached hydrogen (secondary N) is 3. The minimum absolute atomic E-state index is 0.0149. The molecule has 2 fully saturated rings. The van der Waals surface area contributed by atoms with Crippen molar-refractivity contribution in [1.29, 1.82) is 0 Å². The first-order chi connectivity index (χ1) is 20.2. The molecule has 4 heterocycles. The second-order valence-corrected chi connectivity index (χ2v) is 10.9. The van der Waals surface area contributed by atoms with E-state index in [0.717, 1.165) is 11.1 Å². The molecule has 12 nitrogen and oxygen atoms in total. The van der Waals surface area contributed by atoms with Crippen molar-refractivity contribution in [2.24, 2.45) is 0 Å². The number of anilines is 1. The molecule has 218 valence electrons. The second-order valence-electron chi connectivity index (χ2n) is 10.6. The second kappa shape index (κ2) is 11.3. The average molecular weight is 592 g/mol. The van der Waals surface area contributed by atoms with Gasteiger partial charge in [-0.05, 0) is 36.6 Å². The highest BCUT2D eigenvalue weighted by atomic mass is 35.5. The molecule has 2 aliphatic rings. The van der Waals surface area contributed by atoms with Gasteiger partial charge in [-0.2, -0.15) is 9.97 Å². The van der Waals surface area contributed by atoms with Crippen LogP contribution in [0.3, 0.4) is 0 Å². The number of fused-ring (bicyclic) bond motifs is 2. The number of carbonyl (C=O) groups excluding carboxylic acids is 2. The fourth-order valence-corrected chi connectivity index (χ4v) is 5.59. The molecule has 0 radical (unpaired) electrons. The first-order valence-corrected chi connectivity index (χ1v) is 13.9. The molecular formula is C29H30ClN7O5. The number of rotatable bonds is 7. The molecule has 4 atom stereocenters. The summed E-state index contributed by atoms with van der Waals surface area (Å²) in [6.07, 6.45) is -1.76. The number of aromatic nitrogens is 4. The van der Waals surface area contributed by atoms with Gasteiger partial charge < -0.3 is 19.5 Å². The van der Waals surface area contributed by atoms with Gasteiger partial charge in [0.15, 0.2) is 35.1 Å². The number of hydrogen-bond donors (Lipinski definition) is 3. The molecule has 2 saturated heterocycles. The zero-order valence-electron chi connectivity index (χ0n) is 23.2. The molecule has 4 aromatic rings. The number of amides is 2. The maximum atomic E-state index is 12.9. The lowest BCUT2D eigenvalue weighted by Crippen LogP contribution is -2.49. The van der Waals surface area contributed by atoms with E-state index >= 15 is 0 Å². The molecular weight excluding hydrogens is 562 g/mol. The molecule has 0 aliphatic carbocycles. The highest BCUT2D eigenvalue weighted by molar-refractivity contribution is 6.28. The van der Waals surface area contributed by atoms with Crippen molar-refractivity contribution in [1.82, 2.24) is 30.4 Å². The number of nitrogens with zero attached hydrogens (tertiary/aromatic N) is 4. The average Bonchev–Trinajstić information content (AvgIpc) is 3.63. The van der Waals surface area contributed by atoms with Crippen LogP contribution in [0.5, 0.6) is 0 Å². The van der Waals surface area contributed by atoms with Gasteiger partial charge in [0, 0.05) is 19.4 Å². The van der Waals surface area contributed by atoms with Crippen LogP contribution in [0.25, 0.3) is 11.2 Å². The summed E-state index contributed by atoms with van der Waals surface area (Å²) in [5.74, 6) is -1.47. The normalized spacial score (nSPS) is 22.7. The molecule has 42 heavy (non-hydrogen) atoms. The molecule has 0 spiro atoms. The number of halogens is 1. The summed E-state index contributed by atoms with van der Waals surface area (Å²) in [6.45, 7) is 5.32. The number of hydrazine groups is 1. The minimum Gasteiger partial charge on any atom is -0.367 e. The molecule has 0 saturated carbocycles. The maximum absolute atomic E-state index is 12.9. The predicted octanol–water partition coefficient (Wildman–Crippen LogP) is 3.31. The Bertz CT molecular complexity index is 1560. The number of hydrogen-bond acceptors (Lipinski definition) is 9. The SMILES string of the molecule is CC(=O)NNC(=O)[C@H]1O[C@@H](n2cnc3c(NCC(c4ccccc4)c4ccccc4)nc(Cl)nc32)[C@@H]2OC(C)(C)O[C@@H]21. The smallest absolute Gasteiger partial charge is 0.270 e. The Labute approximate surface area is 246 Å². The Balaban J connectivity index is 1.30. The highest BCUT2D eigenvalue weighted by Gasteiger charge is 2.58. The molecule has 2 aliphatic heterocycles. The first-order valence-electron chi connectivity index (χ1n) is 13.5. The third-order valence-electron chi connectivity index (χ3n) is 7.20. The summed E-state index contributed by atoms with van der Waals surface area (Å²) in [4.78, 5) is 37.7. The van der Waals surface area contributed by atoms with Crippen LogP contribution in [0.1, 0.15) is 44.0 Å². The Morgan fingerprint density at radius 1 is 0.976 bits per heavy atom. The maximum Gasteiger partial charge on any atom is 0.270 e. The van der Waals surface area contributed by atoms with Crippen molar-refractivity contribution in [3.63, 3.8) is 0 Å². The summed E-state index contributed by atoms with van der Waals surface area (Å²) < 4.78 is 20.0. The molecule has 2 aromatic carbocycles. The van der Waals surface area contributed by atoms with E-state index in [-0.39, 0.29) is 11.2 Å². The molecule has 2 amide bonds. The van der Waals surface area contributed by atoms with Crippen LogP contribution in [0.15, 0.2) is 67.0 Å². The van der Waals surface area contributed by atoms with Crippen molar-refractivity contribution in [2.45, 2.75) is 57.0 Å². The molecule has 0 unspecified atom stereocenters. The molecule has 2 aromatic heterocycles. The van der Waals surface area contributed by atoms with E-state index in [9.17, 15) is 9.59 Å². The van der Waals surface area contributed by atoms with Gasteiger partial charge in [-0.3, -0.25) is 25.0 Å². The Morgan fingerprint density at radius 2 is 1.62 bits per heavy atom. The summed E-state index contributed by atoms with van der Waals surface area (Å²) in [5, 5.41) is 3.45. The Hall–Kier alpha value is -4.10. The molecule has 13 heteroatoms. The standard InChI is InChI=1S/C29H30ClN7O5/c1-16(38)35-36-26(39)22-21-23(42-29(2,3)41-21)27(40-22)37-15-32-20-24(33-28(30)34-25(20)37)31-14-19(17-10-6-4-7-11-17)18-12-8-5-9-13-18/h4-13,15,19,21-23,27H,14H2,1-3H3,(H,35,38)(H,36,39)(H,31,33,34)/t21-,22+,23-,27-/m1/s1. The van der Waals surface area contributed by atoms with Gasteiger partial charge >= 0.3 is 0 Å². The lowest BCUT2D eigenvalue weighted by atomic mass is 9.91. The van der Waals surface area contributed by atoms with Gasteiger partial charge in [-0.25, -0.2) is 4.98 Å². The van der Waals surface area contributed by atoms with Crippen LogP contribution in [0, 0.1) is 0 Å². The first kappa shape index (κ1) is 28.0. The lowest BCUT2D eigenvalue weighted by molar-refractivity contribution is -0.197. The number of benzene rings is 2. The van der Waals surface area contributed by atoms with Gasteiger partial charge in [-0.15, -0.1) is 0 Å². The van der Waals surface area contributed by atoms with E-state index in [4.69, 9.17) is 25.8 Å². The third-order valence-corrected chi connectivity index (χ3v) is 7.36. The van der Waals surface area contributed by atoms with Crippen LogP contribution in [0.4, 0.5) is 5.82 Å². The van der Waals surface area contributed by atoms with Gasteiger partial charge in [0.25, 0.3) is 5.91 Å². The fraction of sp³-hybridized carbons (Fsp3) is 0.345. The third kappa shape index (κ3) is 5.53. The van der Waals surface area contributed by atoms with Crippen molar-refractivity contribution in [3.8, 4) is 0 Å². The van der Waals surface area contributed by atoms with Gasteiger partial charge in [-0.1, -0.05) is 60.7 Å². The van der Waals surface area contributed by atoms with Gasteiger partial charge in [0.1, 0.15) is 12.2 Å². The van der Waals surface area contributed by atoms with Crippen LogP contribution >= 0.6 is 11.6 Å². The van der Waals surface area contributed by atoms with Crippen molar-refractivity contribution in [3.05, 3.63) is 83.4 Å². The Morgan fingerprint density at radius 3 is 2.26 bits per heavy atom. The summed E-state index contributed by atoms with van der Waals surface area (Å²) in [7, 11) is 0. The van der Waals surface area contributed by atoms with Crippen molar-refractivity contribution < 1.29 is 23.8 Å². The van der Waals surface area contributed by atoms with E-state index in [1.165, 1.54) is 6.92 Å². The quantitative estimate of drug-likeness (QED) is 0.218. The largest absolute Gasteiger partial charge is 0.367 e. The van der Waals surface area contributed by atoms with Crippen molar-refractivity contribution >= 4 is 40.4 Å². The lowest BCUT2D eigenvalue weighted by Gasteiger charge is -2.24. The van der Waals surface area contributed by atoms with E-state index in [1.54, 1.807) is 24.7 Å². The van der Waals surface area contributed by atoms with Gasteiger partial charge in [0.05, 0.1) is 6.33 Å². The van der Waals surface area contributed by atoms with Gasteiger partial charge in [0.2, 0.25) is 11.2 Å². The Kier molecular flexibility index (Phi) is 7.54. The van der Waals surface area contributed by atoms with E-state index in [2.05, 4.69) is 55.4 Å². The number of carbonyl (C=O) groups is 2. The fourth-order valence-electron chi connectivity index (χ4n) is 5.43. The van der Waals surface area contributed by atoms with Crippen LogP contribution < -0.4 is 16.2 Å². The number of imidazole rings is 1. The monoisotopic (exact) mass is 591 g/mol. The molecule has 6 rings (SSSR count). The van der Waals surface area contributed by atoms with Crippen molar-refractivity contribution in [2.75, 3.05) is 11.9 Å². The van der Waals surface area contributed by atoms with E-state index in [1.807, 2.05) is 36.4 Å². The number of ether oxygens (including phenoxy) is 3. The molecule has 0 bridgehead atoms. The zero-order valence-corrected chi connectivity index (χ0v) is 23.9. The molecule has 3 N–H and O–H groups in total. The predicted molar refractivity (Wildman–Crippen MR) is 153 cm³/mol. The van der Waals surface area contributed by atoms with Crippen LogP contribution in [0.2, 0.25) is 5.28 Å². The zero-order chi connectivity index (χ0) is 29.4. The summed E-state index contributed by atoms with van der Waals surface area (Å²) >= 11 is 6.41. The van der Waals surface area contributed by atoms with E-state index < -0.39 is 42.1 Å². The highest BCUT2D eigenvalue weighted by Crippen LogP contribution is 2.44.